The molecular formula is C29H26N4O4S. The Morgan fingerprint density at radius 1 is 0.974 bits per heavy atom. The van der Waals surface area contributed by atoms with E-state index in [4.69, 9.17) is 14.2 Å². The van der Waals surface area contributed by atoms with E-state index in [1.54, 1.807) is 18.2 Å². The number of nitrogens with zero attached hydrogens (tertiary/aromatic N) is 3. The quantitative estimate of drug-likeness (QED) is 0.157. The maximum absolute atomic E-state index is 12.7. The monoisotopic (exact) mass is 526 g/mol. The van der Waals surface area contributed by atoms with Gasteiger partial charge in [-0.3, -0.25) is 10.1 Å². The standard InChI is InChI=1S/C29H26N4O4S/c1-20-8-6-7-11-24(20)36-14-15-37-25-13-12-22(17-26(25)35-2)16-23(19-30)28(34)31-29-33-32-27(38-29)18-21-9-4-3-5-10-21/h3-13,16-17H,14-15,18H2,1-2H3,(H,31,33,34)/b23-16-. The average molecular weight is 527 g/mol. The van der Waals surface area contributed by atoms with Crippen LogP contribution in [0.1, 0.15) is 21.7 Å². The number of methoxy groups -OCH3 is 1. The van der Waals surface area contributed by atoms with Crippen LogP contribution >= 0.6 is 11.3 Å². The zero-order valence-corrected chi connectivity index (χ0v) is 21.8. The van der Waals surface area contributed by atoms with Gasteiger partial charge in [-0.1, -0.05) is 65.9 Å². The molecule has 0 radical (unpaired) electrons. The normalized spacial score (nSPS) is 10.9. The number of amides is 1. The number of carbonyl (C=O) groups is 1. The smallest absolute Gasteiger partial charge is 0.268 e. The zero-order chi connectivity index (χ0) is 26.7. The average Bonchev–Trinajstić information content (AvgIpc) is 3.37. The van der Waals surface area contributed by atoms with Crippen molar-refractivity contribution in [3.8, 4) is 23.3 Å². The van der Waals surface area contributed by atoms with Crippen LogP contribution in [-0.2, 0) is 11.2 Å². The molecule has 1 heterocycles. The summed E-state index contributed by atoms with van der Waals surface area (Å²) in [5.74, 6) is 1.25. The predicted molar refractivity (Wildman–Crippen MR) is 147 cm³/mol. The molecule has 4 aromatic rings. The fourth-order valence-electron chi connectivity index (χ4n) is 3.54. The molecule has 4 rings (SSSR count). The summed E-state index contributed by atoms with van der Waals surface area (Å²) < 4.78 is 17.0. The van der Waals surface area contributed by atoms with Gasteiger partial charge in [0.2, 0.25) is 5.13 Å². The van der Waals surface area contributed by atoms with Gasteiger partial charge in [0.25, 0.3) is 5.91 Å². The third kappa shape index (κ3) is 7.18. The summed E-state index contributed by atoms with van der Waals surface area (Å²) in [6.45, 7) is 2.67. The summed E-state index contributed by atoms with van der Waals surface area (Å²) in [5, 5.41) is 21.5. The summed E-state index contributed by atoms with van der Waals surface area (Å²) >= 11 is 1.27. The van der Waals surface area contributed by atoms with E-state index in [1.807, 2.05) is 67.6 Å². The highest BCUT2D eigenvalue weighted by Gasteiger charge is 2.14. The van der Waals surface area contributed by atoms with Gasteiger partial charge in [0.1, 0.15) is 35.6 Å². The maximum Gasteiger partial charge on any atom is 0.268 e. The molecule has 0 aliphatic rings. The maximum atomic E-state index is 12.7. The minimum Gasteiger partial charge on any atom is -0.493 e. The first-order valence-electron chi connectivity index (χ1n) is 11.8. The number of carbonyl (C=O) groups excluding carboxylic acids is 1. The van der Waals surface area contributed by atoms with Gasteiger partial charge in [-0.15, -0.1) is 10.2 Å². The molecule has 192 valence electrons. The molecule has 0 bridgehead atoms. The van der Waals surface area contributed by atoms with Crippen LogP contribution in [0.4, 0.5) is 5.13 Å². The lowest BCUT2D eigenvalue weighted by Gasteiger charge is -2.13. The fourth-order valence-corrected chi connectivity index (χ4v) is 4.31. The van der Waals surface area contributed by atoms with Gasteiger partial charge < -0.3 is 14.2 Å². The lowest BCUT2D eigenvalue weighted by Crippen LogP contribution is -2.13. The number of hydrogen-bond donors (Lipinski definition) is 1. The predicted octanol–water partition coefficient (Wildman–Crippen LogP) is 5.45. The molecular weight excluding hydrogens is 500 g/mol. The van der Waals surface area contributed by atoms with Crippen molar-refractivity contribution >= 4 is 28.5 Å². The van der Waals surface area contributed by atoms with Gasteiger partial charge in [-0.25, -0.2) is 0 Å². The Bertz CT molecular complexity index is 1460. The highest BCUT2D eigenvalue weighted by atomic mass is 32.1. The molecule has 0 spiro atoms. The number of aryl methyl sites for hydroxylation is 1. The summed E-state index contributed by atoms with van der Waals surface area (Å²) in [7, 11) is 1.53. The Balaban J connectivity index is 1.36. The summed E-state index contributed by atoms with van der Waals surface area (Å²) in [6, 6.07) is 24.8. The van der Waals surface area contributed by atoms with Crippen molar-refractivity contribution in [1.29, 1.82) is 5.26 Å². The van der Waals surface area contributed by atoms with Crippen molar-refractivity contribution in [2.75, 3.05) is 25.6 Å². The van der Waals surface area contributed by atoms with E-state index >= 15 is 0 Å². The number of nitrogens with one attached hydrogen (secondary N) is 1. The molecule has 0 atom stereocenters. The van der Waals surface area contributed by atoms with E-state index in [0.29, 0.717) is 41.8 Å². The third-order valence-electron chi connectivity index (χ3n) is 5.44. The number of ether oxygens (including phenoxy) is 3. The largest absolute Gasteiger partial charge is 0.493 e. The molecule has 0 fully saturated rings. The summed E-state index contributed by atoms with van der Waals surface area (Å²) in [6.07, 6.45) is 2.09. The van der Waals surface area contributed by atoms with Crippen LogP contribution in [-0.4, -0.2) is 36.4 Å². The van der Waals surface area contributed by atoms with Gasteiger partial charge in [-0.2, -0.15) is 5.26 Å². The SMILES string of the molecule is COc1cc(/C=C(/C#N)C(=O)Nc2nnc(Cc3ccccc3)s2)ccc1OCCOc1ccccc1C. The number of benzene rings is 3. The second-order valence-electron chi connectivity index (χ2n) is 8.16. The van der Waals surface area contributed by atoms with Crippen molar-refractivity contribution in [2.45, 2.75) is 13.3 Å². The molecule has 38 heavy (non-hydrogen) atoms. The molecule has 3 aromatic carbocycles. The lowest BCUT2D eigenvalue weighted by atomic mass is 10.1. The Morgan fingerprint density at radius 2 is 1.71 bits per heavy atom. The first-order chi connectivity index (χ1) is 18.6. The number of anilines is 1. The minimum atomic E-state index is -0.567. The van der Waals surface area contributed by atoms with E-state index < -0.39 is 5.91 Å². The Kier molecular flexibility index (Phi) is 9.05. The summed E-state index contributed by atoms with van der Waals surface area (Å²) in [5.41, 5.74) is 2.68. The van der Waals surface area contributed by atoms with Crippen LogP contribution in [0.3, 0.4) is 0 Å². The summed E-state index contributed by atoms with van der Waals surface area (Å²) in [4.78, 5) is 12.7. The Hall–Kier alpha value is -4.68. The van der Waals surface area contributed by atoms with Crippen molar-refractivity contribution in [2.24, 2.45) is 0 Å². The van der Waals surface area contributed by atoms with Crippen LogP contribution in [0.25, 0.3) is 6.08 Å². The number of aromatic nitrogens is 2. The van der Waals surface area contributed by atoms with Crippen molar-refractivity contribution < 1.29 is 19.0 Å². The van der Waals surface area contributed by atoms with Gasteiger partial charge in [0, 0.05) is 6.42 Å². The second-order valence-corrected chi connectivity index (χ2v) is 9.22. The minimum absolute atomic E-state index is 0.0767. The Morgan fingerprint density at radius 3 is 2.45 bits per heavy atom. The van der Waals surface area contributed by atoms with Crippen molar-refractivity contribution in [1.82, 2.24) is 10.2 Å². The molecule has 9 heteroatoms. The molecule has 0 aliphatic carbocycles. The van der Waals surface area contributed by atoms with Gasteiger partial charge in [0.05, 0.1) is 7.11 Å². The van der Waals surface area contributed by atoms with Gasteiger partial charge >= 0.3 is 0 Å². The first kappa shape index (κ1) is 26.4. The molecule has 1 N–H and O–H groups in total. The molecule has 1 aromatic heterocycles. The molecule has 0 saturated heterocycles. The first-order valence-corrected chi connectivity index (χ1v) is 12.7. The molecule has 0 aliphatic heterocycles. The second kappa shape index (κ2) is 13.0. The number of hydrogen-bond acceptors (Lipinski definition) is 8. The van der Waals surface area contributed by atoms with Gasteiger partial charge in [-0.05, 0) is 47.9 Å². The molecule has 0 saturated carbocycles. The van der Waals surface area contributed by atoms with Crippen LogP contribution in [0.15, 0.2) is 78.4 Å². The van der Waals surface area contributed by atoms with E-state index in [2.05, 4.69) is 15.5 Å². The topological polar surface area (TPSA) is 106 Å². The Labute approximate surface area is 225 Å². The number of para-hydroxylation sites is 1. The van der Waals surface area contributed by atoms with E-state index in [9.17, 15) is 10.1 Å². The van der Waals surface area contributed by atoms with Crippen LogP contribution in [0, 0.1) is 18.3 Å². The number of nitriles is 1. The van der Waals surface area contributed by atoms with Crippen molar-refractivity contribution in [3.63, 3.8) is 0 Å². The zero-order valence-electron chi connectivity index (χ0n) is 21.0. The molecule has 8 nitrogen and oxygen atoms in total. The highest BCUT2D eigenvalue weighted by Crippen LogP contribution is 2.29. The highest BCUT2D eigenvalue weighted by molar-refractivity contribution is 7.15. The van der Waals surface area contributed by atoms with Crippen molar-refractivity contribution in [3.05, 3.63) is 100 Å². The molecule has 1 amide bonds. The van der Waals surface area contributed by atoms with E-state index in [0.717, 1.165) is 21.9 Å². The van der Waals surface area contributed by atoms with Crippen LogP contribution < -0.4 is 19.5 Å². The van der Waals surface area contributed by atoms with Crippen LogP contribution in [0.5, 0.6) is 17.2 Å². The van der Waals surface area contributed by atoms with Gasteiger partial charge in [0.15, 0.2) is 11.5 Å². The fraction of sp³-hybridized carbons (Fsp3) is 0.172. The van der Waals surface area contributed by atoms with Crippen LogP contribution in [0.2, 0.25) is 0 Å². The molecule has 0 unspecified atom stereocenters. The number of rotatable bonds is 11. The van der Waals surface area contributed by atoms with E-state index in [1.165, 1.54) is 24.5 Å². The third-order valence-corrected chi connectivity index (χ3v) is 6.28. The lowest BCUT2D eigenvalue weighted by molar-refractivity contribution is -0.112. The van der Waals surface area contributed by atoms with E-state index in [-0.39, 0.29) is 5.57 Å².